The van der Waals surface area contributed by atoms with Crippen LogP contribution in [0.15, 0.2) is 42.7 Å². The number of halogens is 1. The second-order valence-corrected chi connectivity index (χ2v) is 18.5. The number of benzene rings is 1. The summed E-state index contributed by atoms with van der Waals surface area (Å²) in [6.07, 6.45) is 11.8. The first-order valence-corrected chi connectivity index (χ1v) is 25.0. The Morgan fingerprint density at radius 1 is 0.795 bits per heavy atom. The lowest BCUT2D eigenvalue weighted by atomic mass is 10.0. The van der Waals surface area contributed by atoms with Gasteiger partial charge in [-0.2, -0.15) is 15.0 Å². The molecule has 0 saturated carbocycles. The van der Waals surface area contributed by atoms with Crippen LogP contribution in [-0.4, -0.2) is 188 Å². The number of ether oxygens (including phenoxy) is 3. The van der Waals surface area contributed by atoms with Gasteiger partial charge < -0.3 is 78.8 Å². The first-order valence-electron chi connectivity index (χ1n) is 25.0. The molecule has 6 heterocycles. The maximum atomic E-state index is 14.6. The Kier molecular flexibility index (Phi) is 21.9. The van der Waals surface area contributed by atoms with Gasteiger partial charge in [-0.1, -0.05) is 48.4 Å². The average molecular weight is 1030 g/mol. The fourth-order valence-electron chi connectivity index (χ4n) is 8.74. The number of carbonyl (C=O) groups is 2. The lowest BCUT2D eigenvalue weighted by molar-refractivity contribution is -0.136. The molecule has 5 aromatic rings. The van der Waals surface area contributed by atoms with Crippen LogP contribution < -0.4 is 44.7 Å². The Balaban J connectivity index is 0.00000869. The quantitative estimate of drug-likeness (QED) is 0.0229. The van der Waals surface area contributed by atoms with Crippen molar-refractivity contribution in [2.24, 2.45) is 23.1 Å². The first-order chi connectivity index (χ1) is 35.0. The number of aromatic amines is 1. The number of H-pyrrole nitrogens is 1. The summed E-state index contributed by atoms with van der Waals surface area (Å²) >= 11 is 0. The summed E-state index contributed by atoms with van der Waals surface area (Å²) in [7, 11) is 0. The maximum Gasteiger partial charge on any atom is 0.248 e. The van der Waals surface area contributed by atoms with Gasteiger partial charge in [-0.25, -0.2) is 9.36 Å². The molecule has 25 heteroatoms. The minimum absolute atomic E-state index is 0. The third-order valence-electron chi connectivity index (χ3n) is 12.7. The van der Waals surface area contributed by atoms with E-state index in [0.29, 0.717) is 146 Å². The van der Waals surface area contributed by atoms with Crippen molar-refractivity contribution in [3.8, 4) is 12.3 Å². The number of carbonyl (C=O) groups excluding carboxylic acids is 2. The minimum atomic E-state index is -0.700. The van der Waals surface area contributed by atoms with E-state index >= 15 is 0 Å². The van der Waals surface area contributed by atoms with Crippen LogP contribution in [0.1, 0.15) is 80.8 Å². The maximum absolute atomic E-state index is 14.6. The van der Waals surface area contributed by atoms with Gasteiger partial charge in [-0.3, -0.25) is 9.59 Å². The number of terminal acetylenes is 1. The van der Waals surface area contributed by atoms with E-state index in [1.807, 2.05) is 45.2 Å². The molecule has 24 nitrogen and oxygen atoms in total. The van der Waals surface area contributed by atoms with Gasteiger partial charge >= 0.3 is 0 Å². The summed E-state index contributed by atoms with van der Waals surface area (Å²) in [6.45, 7) is 10.6. The van der Waals surface area contributed by atoms with E-state index in [0.717, 1.165) is 35.9 Å². The lowest BCUT2D eigenvalue weighted by Crippen LogP contribution is -3.00. The summed E-state index contributed by atoms with van der Waals surface area (Å²) in [4.78, 5) is 54.8. The predicted octanol–water partition coefficient (Wildman–Crippen LogP) is -2.18. The van der Waals surface area contributed by atoms with Crippen LogP contribution in [0.25, 0.3) is 10.9 Å². The first kappa shape index (κ1) is 56.3. The monoisotopic (exact) mass is 1030 g/mol. The van der Waals surface area contributed by atoms with Crippen LogP contribution >= 0.6 is 0 Å². The van der Waals surface area contributed by atoms with Crippen LogP contribution in [0.4, 0.5) is 17.8 Å². The fourth-order valence-corrected chi connectivity index (χ4v) is 8.74. The molecule has 2 saturated heterocycles. The van der Waals surface area contributed by atoms with Crippen molar-refractivity contribution >= 4 is 40.6 Å². The molecule has 2 aliphatic heterocycles. The van der Waals surface area contributed by atoms with Gasteiger partial charge in [-0.05, 0) is 55.7 Å². The fraction of sp³-hybridized carbons (Fsp3) is 0.604. The standard InChI is InChI=1S/C48H72N18O6.ClH/c1-4-22-70-24-26-72-27-25-71-23-13-52-46-54-47(63-18-14-61(15-19-63)44(68)42(11-7-8-12-49)65-32-41(58-59-65)38(51)33-67)56-48(55-46)64-20-16-62(17-21-64)45(69)43(30-36-29-35-9-5-6-10-39(35)53-36)66-31-40(57-60-66)37(50)28-34(2)3;/h1,5-6,9-10,29,31-32,34,37-38,42-43,53,67H,7-8,11-28,30,33,49-51H2,2-3H3,(H,52,54,55,56);1H/p-1/t37-,38-,42-,43-;/m0./s1. The van der Waals surface area contributed by atoms with Crippen molar-refractivity contribution < 1.29 is 41.3 Å². The summed E-state index contributed by atoms with van der Waals surface area (Å²) < 4.78 is 19.8. The zero-order valence-electron chi connectivity index (χ0n) is 42.0. The molecule has 2 aliphatic rings. The molecule has 0 spiro atoms. The van der Waals surface area contributed by atoms with Gasteiger partial charge in [0.05, 0.1) is 69.8 Å². The summed E-state index contributed by atoms with van der Waals surface area (Å²) in [5.74, 6) is 3.94. The van der Waals surface area contributed by atoms with E-state index in [-0.39, 0.29) is 43.5 Å². The molecule has 0 unspecified atom stereocenters. The number of rotatable bonds is 28. The number of hydrogen-bond acceptors (Lipinski definition) is 19. The number of amides is 2. The SMILES string of the molecule is C#CCOCCOCCOCCNc1nc(N2CCN(C(=O)[C@H](CCCCN)n3cc([C@@H](N)CO)nn3)CC2)nc(N2CCN(C(=O)[C@H](Cc3cc4ccccc4[nH]3)n3cc([C@@H](N)CC(C)C)nn3)CC2)n1.[Cl-]. The molecule has 0 bridgehead atoms. The molecule has 398 valence electrons. The zero-order chi connectivity index (χ0) is 50.8. The Morgan fingerprint density at radius 3 is 1.96 bits per heavy atom. The Bertz CT molecular complexity index is 2470. The van der Waals surface area contributed by atoms with E-state index in [2.05, 4.69) is 61.7 Å². The van der Waals surface area contributed by atoms with Gasteiger partial charge in [0.2, 0.25) is 29.7 Å². The van der Waals surface area contributed by atoms with Gasteiger partial charge in [0, 0.05) is 76.5 Å². The number of anilines is 3. The number of aliphatic hydroxyl groups excluding tert-OH is 1. The van der Waals surface area contributed by atoms with E-state index in [1.54, 1.807) is 15.6 Å². The number of piperazine rings is 2. The van der Waals surface area contributed by atoms with Crippen LogP contribution in [0, 0.1) is 18.3 Å². The van der Waals surface area contributed by atoms with Gasteiger partial charge in [0.25, 0.3) is 0 Å². The van der Waals surface area contributed by atoms with Crippen molar-refractivity contribution in [3.63, 3.8) is 0 Å². The number of fused-ring (bicyclic) bond motifs is 1. The van der Waals surface area contributed by atoms with Crippen molar-refractivity contribution in [3.05, 3.63) is 59.8 Å². The Morgan fingerprint density at radius 2 is 1.37 bits per heavy atom. The van der Waals surface area contributed by atoms with Crippen LogP contribution in [0.3, 0.4) is 0 Å². The van der Waals surface area contributed by atoms with Crippen LogP contribution in [0.5, 0.6) is 0 Å². The van der Waals surface area contributed by atoms with E-state index in [1.165, 1.54) is 0 Å². The van der Waals surface area contributed by atoms with Gasteiger partial charge in [0.1, 0.15) is 24.4 Å². The van der Waals surface area contributed by atoms with Crippen LogP contribution in [-0.2, 0) is 30.2 Å². The van der Waals surface area contributed by atoms with E-state index in [4.69, 9.17) is 52.8 Å². The molecular formula is C48H72ClN18O6-. The molecule has 7 rings (SSSR count). The third-order valence-corrected chi connectivity index (χ3v) is 12.7. The molecule has 2 fully saturated rings. The smallest absolute Gasteiger partial charge is 0.248 e. The number of aromatic nitrogens is 10. The Hall–Kier alpha value is -6.04. The number of nitrogens with zero attached hydrogens (tertiary/aromatic N) is 13. The number of nitrogens with two attached hydrogens (primary N) is 3. The number of nitrogens with one attached hydrogen (secondary N) is 2. The van der Waals surface area contributed by atoms with Crippen molar-refractivity contribution in [2.75, 3.05) is 127 Å². The van der Waals surface area contributed by atoms with E-state index in [9.17, 15) is 14.7 Å². The molecule has 1 aromatic carbocycles. The van der Waals surface area contributed by atoms with Gasteiger partial charge in [0.15, 0.2) is 0 Å². The molecule has 4 aromatic heterocycles. The second-order valence-electron chi connectivity index (χ2n) is 18.5. The lowest BCUT2D eigenvalue weighted by Gasteiger charge is -2.38. The zero-order valence-corrected chi connectivity index (χ0v) is 42.7. The summed E-state index contributed by atoms with van der Waals surface area (Å²) in [5.41, 5.74) is 21.3. The second kappa shape index (κ2) is 28.4. The Labute approximate surface area is 432 Å². The summed E-state index contributed by atoms with van der Waals surface area (Å²) in [6, 6.07) is 7.85. The van der Waals surface area contributed by atoms with Crippen molar-refractivity contribution in [1.29, 1.82) is 0 Å². The molecule has 4 atom stereocenters. The minimum Gasteiger partial charge on any atom is -1.00 e. The van der Waals surface area contributed by atoms with Gasteiger partial charge in [-0.15, -0.1) is 16.6 Å². The summed E-state index contributed by atoms with van der Waals surface area (Å²) in [5, 5.41) is 31.2. The molecule has 0 aliphatic carbocycles. The highest BCUT2D eigenvalue weighted by atomic mass is 35.5. The highest BCUT2D eigenvalue weighted by Gasteiger charge is 2.34. The number of aliphatic hydroxyl groups is 1. The number of para-hydroxylation sites is 1. The van der Waals surface area contributed by atoms with Crippen molar-refractivity contribution in [1.82, 2.24) is 59.7 Å². The molecule has 73 heavy (non-hydrogen) atoms. The highest BCUT2D eigenvalue weighted by molar-refractivity contribution is 5.83. The number of unbranched alkanes of at least 4 members (excludes halogenated alkanes) is 1. The molecule has 0 radical (unpaired) electrons. The molecular weight excluding hydrogens is 960 g/mol. The molecule has 2 amide bonds. The van der Waals surface area contributed by atoms with Crippen molar-refractivity contribution in [2.45, 2.75) is 70.1 Å². The van der Waals surface area contributed by atoms with E-state index < -0.39 is 18.1 Å². The van der Waals surface area contributed by atoms with Crippen LogP contribution in [0.2, 0.25) is 0 Å². The highest BCUT2D eigenvalue weighted by Crippen LogP contribution is 2.26. The average Bonchev–Trinajstić information content (AvgIpc) is 4.19. The largest absolute Gasteiger partial charge is 1.00 e. The normalized spacial score (nSPS) is 15.8. The molecule has 9 N–H and O–H groups in total. The topological polar surface area (TPSA) is 301 Å². The predicted molar refractivity (Wildman–Crippen MR) is 271 cm³/mol. The third kappa shape index (κ3) is 15.7. The number of hydrogen-bond donors (Lipinski definition) is 6.